The van der Waals surface area contributed by atoms with E-state index in [1.54, 1.807) is 0 Å². The molecule has 134 valence electrons. The largest absolute Gasteiger partial charge is 0.395 e. The second-order valence-electron chi connectivity index (χ2n) is 6.57. The molecule has 0 radical (unpaired) electrons. The first-order valence-electron chi connectivity index (χ1n) is 8.85. The fourth-order valence-corrected chi connectivity index (χ4v) is 3.52. The molecule has 0 amide bonds. The lowest BCUT2D eigenvalue weighted by Gasteiger charge is -2.39. The number of β-amino-alcohol motifs (C(OH)–C–C–N with tert-alkyl or cyclic N) is 2. The average molecular weight is 350 g/mol. The van der Waals surface area contributed by atoms with Crippen LogP contribution in [0.15, 0.2) is 60.7 Å². The Hall–Kier alpha value is -2.31. The Balaban J connectivity index is 1.85. The summed E-state index contributed by atoms with van der Waals surface area (Å²) in [5.41, 5.74) is 3.33. The number of aromatic nitrogens is 1. The van der Waals surface area contributed by atoms with Gasteiger partial charge in [0.2, 0.25) is 5.79 Å². The SMILES string of the molecule is OCCN1CCO[C@](O)(c2cc(-c3ccccc3)nc3ccccc23)C1. The smallest absolute Gasteiger partial charge is 0.206 e. The summed E-state index contributed by atoms with van der Waals surface area (Å²) in [5.74, 6) is -1.43. The van der Waals surface area contributed by atoms with E-state index in [1.807, 2.05) is 65.6 Å². The molecule has 2 N–H and O–H groups in total. The highest BCUT2D eigenvalue weighted by atomic mass is 16.6. The number of hydrogen-bond acceptors (Lipinski definition) is 5. The molecule has 2 heterocycles. The van der Waals surface area contributed by atoms with E-state index in [4.69, 9.17) is 9.72 Å². The zero-order chi connectivity index (χ0) is 18.0. The first-order valence-corrected chi connectivity index (χ1v) is 8.85. The van der Waals surface area contributed by atoms with Gasteiger partial charge in [0.25, 0.3) is 0 Å². The molecule has 26 heavy (non-hydrogen) atoms. The third kappa shape index (κ3) is 3.22. The monoisotopic (exact) mass is 350 g/mol. The summed E-state index contributed by atoms with van der Waals surface area (Å²) in [6, 6.07) is 19.6. The molecular formula is C21H22N2O3. The van der Waals surface area contributed by atoms with Crippen LogP contribution in [0.5, 0.6) is 0 Å². The number of fused-ring (bicyclic) bond motifs is 1. The molecule has 0 bridgehead atoms. The number of aliphatic hydroxyl groups excluding tert-OH is 1. The van der Waals surface area contributed by atoms with Crippen LogP contribution in [0.25, 0.3) is 22.2 Å². The van der Waals surface area contributed by atoms with Gasteiger partial charge in [-0.1, -0.05) is 48.5 Å². The summed E-state index contributed by atoms with van der Waals surface area (Å²) >= 11 is 0. The van der Waals surface area contributed by atoms with Crippen molar-refractivity contribution >= 4 is 10.9 Å². The molecule has 1 saturated heterocycles. The van der Waals surface area contributed by atoms with Crippen LogP contribution in [-0.2, 0) is 10.5 Å². The van der Waals surface area contributed by atoms with E-state index in [2.05, 4.69) is 0 Å². The van der Waals surface area contributed by atoms with Gasteiger partial charge in [-0.25, -0.2) is 4.98 Å². The molecule has 4 rings (SSSR count). The molecule has 0 spiro atoms. The van der Waals surface area contributed by atoms with Crippen LogP contribution in [0.3, 0.4) is 0 Å². The van der Waals surface area contributed by atoms with Crippen molar-refractivity contribution in [3.63, 3.8) is 0 Å². The minimum Gasteiger partial charge on any atom is -0.395 e. The lowest BCUT2D eigenvalue weighted by molar-refractivity contribution is -0.247. The number of pyridine rings is 1. The predicted molar refractivity (Wildman–Crippen MR) is 101 cm³/mol. The first kappa shape index (κ1) is 17.1. The molecule has 1 atom stereocenters. The summed E-state index contributed by atoms with van der Waals surface area (Å²) in [7, 11) is 0. The number of nitrogens with zero attached hydrogens (tertiary/aromatic N) is 2. The van der Waals surface area contributed by atoms with Crippen molar-refractivity contribution in [1.29, 1.82) is 0 Å². The number of ether oxygens (including phenoxy) is 1. The summed E-state index contributed by atoms with van der Waals surface area (Å²) in [6.45, 7) is 1.99. The Labute approximate surface area is 152 Å². The van der Waals surface area contributed by atoms with Crippen LogP contribution in [-0.4, -0.2) is 52.9 Å². The highest BCUT2D eigenvalue weighted by molar-refractivity contribution is 5.86. The van der Waals surface area contributed by atoms with E-state index < -0.39 is 5.79 Å². The standard InChI is InChI=1S/C21H22N2O3/c24-12-10-23-11-13-26-21(25,15-23)18-14-20(16-6-2-1-3-7-16)22-19-9-5-4-8-17(18)19/h1-9,14,24-25H,10-13,15H2/t21-/m0/s1. The second kappa shape index (κ2) is 7.13. The van der Waals surface area contributed by atoms with Gasteiger partial charge in [0.15, 0.2) is 0 Å². The van der Waals surface area contributed by atoms with Crippen molar-refractivity contribution < 1.29 is 14.9 Å². The van der Waals surface area contributed by atoms with Crippen molar-refractivity contribution in [1.82, 2.24) is 9.88 Å². The maximum Gasteiger partial charge on any atom is 0.206 e. The van der Waals surface area contributed by atoms with Crippen molar-refractivity contribution in [2.24, 2.45) is 0 Å². The number of benzene rings is 2. The number of hydrogen-bond donors (Lipinski definition) is 2. The van der Waals surface area contributed by atoms with Crippen molar-refractivity contribution in [2.75, 3.05) is 32.8 Å². The summed E-state index contributed by atoms with van der Waals surface area (Å²) in [4.78, 5) is 6.78. The maximum absolute atomic E-state index is 11.3. The van der Waals surface area contributed by atoms with E-state index in [9.17, 15) is 10.2 Å². The number of para-hydroxylation sites is 1. The third-order valence-corrected chi connectivity index (χ3v) is 4.81. The molecule has 3 aromatic rings. The highest BCUT2D eigenvalue weighted by Gasteiger charge is 2.38. The van der Waals surface area contributed by atoms with Gasteiger partial charge in [-0.05, 0) is 12.1 Å². The lowest BCUT2D eigenvalue weighted by Crippen LogP contribution is -2.50. The Morgan fingerprint density at radius 2 is 1.85 bits per heavy atom. The molecule has 1 fully saturated rings. The van der Waals surface area contributed by atoms with Crippen molar-refractivity contribution in [2.45, 2.75) is 5.79 Å². The molecule has 2 aromatic carbocycles. The van der Waals surface area contributed by atoms with Crippen molar-refractivity contribution in [3.05, 3.63) is 66.2 Å². The number of morpholine rings is 1. The molecule has 1 aliphatic heterocycles. The third-order valence-electron chi connectivity index (χ3n) is 4.81. The Kier molecular flexibility index (Phi) is 4.70. The minimum absolute atomic E-state index is 0.0580. The molecule has 1 aliphatic rings. The lowest BCUT2D eigenvalue weighted by atomic mass is 9.96. The van der Waals surface area contributed by atoms with Crippen LogP contribution in [0, 0.1) is 0 Å². The fraction of sp³-hybridized carbons (Fsp3) is 0.286. The quantitative estimate of drug-likeness (QED) is 0.756. The topological polar surface area (TPSA) is 65.8 Å². The maximum atomic E-state index is 11.3. The van der Waals surface area contributed by atoms with Gasteiger partial charge in [-0.3, -0.25) is 4.90 Å². The van der Waals surface area contributed by atoms with Gasteiger partial charge in [0.05, 0.1) is 31.0 Å². The normalized spacial score (nSPS) is 21.2. The molecule has 0 aliphatic carbocycles. The van der Waals surface area contributed by atoms with Crippen LogP contribution in [0.2, 0.25) is 0 Å². The van der Waals surface area contributed by atoms with E-state index in [0.29, 0.717) is 31.8 Å². The van der Waals surface area contributed by atoms with Gasteiger partial charge < -0.3 is 14.9 Å². The number of rotatable bonds is 4. The molecule has 0 unspecified atom stereocenters. The number of aliphatic hydroxyl groups is 2. The fourth-order valence-electron chi connectivity index (χ4n) is 3.52. The molecule has 0 saturated carbocycles. The first-order chi connectivity index (χ1) is 12.7. The predicted octanol–water partition coefficient (Wildman–Crippen LogP) is 2.37. The highest BCUT2D eigenvalue weighted by Crippen LogP contribution is 2.34. The van der Waals surface area contributed by atoms with Crippen LogP contribution < -0.4 is 0 Å². The zero-order valence-electron chi connectivity index (χ0n) is 14.5. The Morgan fingerprint density at radius 3 is 2.65 bits per heavy atom. The van der Waals surface area contributed by atoms with E-state index in [-0.39, 0.29) is 6.61 Å². The summed E-state index contributed by atoms with van der Waals surface area (Å²) in [5, 5.41) is 21.5. The van der Waals surface area contributed by atoms with Crippen LogP contribution in [0.4, 0.5) is 0 Å². The van der Waals surface area contributed by atoms with Gasteiger partial charge in [-0.15, -0.1) is 0 Å². The second-order valence-corrected chi connectivity index (χ2v) is 6.57. The van der Waals surface area contributed by atoms with E-state index in [0.717, 1.165) is 22.2 Å². The minimum atomic E-state index is -1.43. The molecule has 1 aromatic heterocycles. The molecule has 5 heteroatoms. The van der Waals surface area contributed by atoms with Gasteiger partial charge in [-0.2, -0.15) is 0 Å². The van der Waals surface area contributed by atoms with Crippen LogP contribution in [0.1, 0.15) is 5.56 Å². The van der Waals surface area contributed by atoms with Gasteiger partial charge >= 0.3 is 0 Å². The summed E-state index contributed by atoms with van der Waals surface area (Å²) < 4.78 is 5.83. The van der Waals surface area contributed by atoms with Gasteiger partial charge in [0.1, 0.15) is 0 Å². The molecular weight excluding hydrogens is 328 g/mol. The Bertz CT molecular complexity index is 898. The van der Waals surface area contributed by atoms with E-state index in [1.165, 1.54) is 0 Å². The van der Waals surface area contributed by atoms with Crippen molar-refractivity contribution in [3.8, 4) is 11.3 Å². The van der Waals surface area contributed by atoms with Crippen LogP contribution >= 0.6 is 0 Å². The molecule has 5 nitrogen and oxygen atoms in total. The average Bonchev–Trinajstić information content (AvgIpc) is 2.68. The Morgan fingerprint density at radius 1 is 1.08 bits per heavy atom. The zero-order valence-corrected chi connectivity index (χ0v) is 14.5. The van der Waals surface area contributed by atoms with Gasteiger partial charge in [0, 0.05) is 29.6 Å². The summed E-state index contributed by atoms with van der Waals surface area (Å²) in [6.07, 6.45) is 0. The van der Waals surface area contributed by atoms with E-state index >= 15 is 0 Å².